The van der Waals surface area contributed by atoms with Crippen LogP contribution in [0.1, 0.15) is 31.2 Å². The molecule has 1 aromatic carbocycles. The quantitative estimate of drug-likeness (QED) is 0.398. The highest BCUT2D eigenvalue weighted by Gasteiger charge is 2.13. The molecule has 132 valence electrons. The van der Waals surface area contributed by atoms with Crippen molar-refractivity contribution in [3.63, 3.8) is 0 Å². The van der Waals surface area contributed by atoms with E-state index in [2.05, 4.69) is 15.6 Å². The lowest BCUT2D eigenvalue weighted by Crippen LogP contribution is -2.39. The summed E-state index contributed by atoms with van der Waals surface area (Å²) < 4.78 is 32.1. The third-order valence-electron chi connectivity index (χ3n) is 3.33. The number of aliphatic imine (C=N–C) groups is 1. The first-order valence-electron chi connectivity index (χ1n) is 7.62. The molecule has 0 aliphatic carbocycles. The predicted octanol–water partition coefficient (Wildman–Crippen LogP) is 4.03. The van der Waals surface area contributed by atoms with Crippen molar-refractivity contribution in [2.75, 3.05) is 13.1 Å². The first-order chi connectivity index (χ1) is 11.1. The molecule has 0 saturated heterocycles. The topological polar surface area (TPSA) is 49.6 Å². The maximum atomic E-state index is 13.8. The van der Waals surface area contributed by atoms with E-state index in [4.69, 9.17) is 4.42 Å². The van der Waals surface area contributed by atoms with Crippen LogP contribution < -0.4 is 10.6 Å². The highest BCUT2D eigenvalue weighted by Crippen LogP contribution is 2.17. The fourth-order valence-electron chi connectivity index (χ4n) is 2.19. The Morgan fingerprint density at radius 1 is 1.29 bits per heavy atom. The summed E-state index contributed by atoms with van der Waals surface area (Å²) in [4.78, 5) is 4.44. The number of hydrogen-bond acceptors (Lipinski definition) is 2. The zero-order valence-electron chi connectivity index (χ0n) is 13.7. The number of halogens is 3. The Labute approximate surface area is 157 Å². The average Bonchev–Trinajstić information content (AvgIpc) is 3.00. The summed E-state index contributed by atoms with van der Waals surface area (Å²) in [6.07, 6.45) is 2.31. The SMILES string of the molecule is CCNC(=NCCc1ccco1)NC(C)c1ccc(F)cc1F.I. The van der Waals surface area contributed by atoms with E-state index >= 15 is 0 Å². The predicted molar refractivity (Wildman–Crippen MR) is 102 cm³/mol. The minimum absolute atomic E-state index is 0. The highest BCUT2D eigenvalue weighted by atomic mass is 127. The van der Waals surface area contributed by atoms with Crippen molar-refractivity contribution in [1.29, 1.82) is 0 Å². The first-order valence-corrected chi connectivity index (χ1v) is 7.62. The smallest absolute Gasteiger partial charge is 0.191 e. The molecule has 1 heterocycles. The lowest BCUT2D eigenvalue weighted by molar-refractivity contribution is 0.510. The molecule has 2 N–H and O–H groups in total. The van der Waals surface area contributed by atoms with Gasteiger partial charge in [0.05, 0.1) is 12.3 Å². The van der Waals surface area contributed by atoms with E-state index in [1.54, 1.807) is 13.2 Å². The second kappa shape index (κ2) is 10.3. The molecule has 0 spiro atoms. The van der Waals surface area contributed by atoms with Gasteiger partial charge in [0.25, 0.3) is 0 Å². The first kappa shape index (κ1) is 20.4. The Morgan fingerprint density at radius 3 is 2.71 bits per heavy atom. The van der Waals surface area contributed by atoms with E-state index in [1.807, 2.05) is 19.1 Å². The summed E-state index contributed by atoms with van der Waals surface area (Å²) in [5.41, 5.74) is 0.392. The normalized spacial score (nSPS) is 12.4. The Bertz CT molecular complexity index is 647. The van der Waals surface area contributed by atoms with Crippen LogP contribution in [0.15, 0.2) is 46.0 Å². The van der Waals surface area contributed by atoms with Gasteiger partial charge in [-0.1, -0.05) is 6.07 Å². The number of furan rings is 1. The lowest BCUT2D eigenvalue weighted by Gasteiger charge is -2.18. The van der Waals surface area contributed by atoms with Crippen molar-refractivity contribution in [3.05, 3.63) is 59.6 Å². The van der Waals surface area contributed by atoms with Gasteiger partial charge in [0.15, 0.2) is 5.96 Å². The molecule has 0 saturated carbocycles. The standard InChI is InChI=1S/C17H21F2N3O.HI/c1-3-20-17(21-9-8-14-5-4-10-23-14)22-12(2)15-7-6-13(18)11-16(15)19;/h4-7,10-12H,3,8-9H2,1-2H3,(H2,20,21,22);1H. The van der Waals surface area contributed by atoms with Crippen LogP contribution in [0, 0.1) is 11.6 Å². The van der Waals surface area contributed by atoms with Crippen molar-refractivity contribution in [2.45, 2.75) is 26.3 Å². The number of benzene rings is 1. The van der Waals surface area contributed by atoms with E-state index in [9.17, 15) is 8.78 Å². The second-order valence-corrected chi connectivity index (χ2v) is 5.12. The molecule has 1 aromatic heterocycles. The van der Waals surface area contributed by atoms with Gasteiger partial charge in [0.1, 0.15) is 17.4 Å². The van der Waals surface area contributed by atoms with Gasteiger partial charge in [0, 0.05) is 31.1 Å². The number of rotatable bonds is 6. The van der Waals surface area contributed by atoms with Gasteiger partial charge in [-0.05, 0) is 32.0 Å². The molecule has 0 fully saturated rings. The summed E-state index contributed by atoms with van der Waals surface area (Å²) in [6.45, 7) is 4.98. The van der Waals surface area contributed by atoms with E-state index in [-0.39, 0.29) is 30.0 Å². The molecule has 2 aromatic rings. The van der Waals surface area contributed by atoms with Crippen LogP contribution in [-0.2, 0) is 6.42 Å². The molecule has 0 radical (unpaired) electrons. The van der Waals surface area contributed by atoms with E-state index < -0.39 is 11.6 Å². The van der Waals surface area contributed by atoms with Crippen molar-refractivity contribution >= 4 is 29.9 Å². The number of guanidine groups is 1. The van der Waals surface area contributed by atoms with Crippen LogP contribution in [0.25, 0.3) is 0 Å². The minimum Gasteiger partial charge on any atom is -0.469 e. The maximum absolute atomic E-state index is 13.8. The Balaban J connectivity index is 0.00000288. The van der Waals surface area contributed by atoms with E-state index in [0.29, 0.717) is 31.0 Å². The largest absolute Gasteiger partial charge is 0.469 e. The van der Waals surface area contributed by atoms with Gasteiger partial charge < -0.3 is 15.1 Å². The summed E-state index contributed by atoms with van der Waals surface area (Å²) in [5.74, 6) is 0.284. The lowest BCUT2D eigenvalue weighted by atomic mass is 10.1. The number of hydrogen-bond donors (Lipinski definition) is 2. The Hall–Kier alpha value is -1.64. The summed E-state index contributed by atoms with van der Waals surface area (Å²) >= 11 is 0. The van der Waals surface area contributed by atoms with Crippen molar-refractivity contribution in [3.8, 4) is 0 Å². The third kappa shape index (κ3) is 6.10. The summed E-state index contributed by atoms with van der Waals surface area (Å²) in [5, 5.41) is 6.23. The minimum atomic E-state index is -0.586. The molecule has 1 atom stereocenters. The molecule has 4 nitrogen and oxygen atoms in total. The molecular weight excluding hydrogens is 427 g/mol. The fraction of sp³-hybridized carbons (Fsp3) is 0.353. The zero-order chi connectivity index (χ0) is 16.7. The van der Waals surface area contributed by atoms with Crippen LogP contribution in [-0.4, -0.2) is 19.0 Å². The fourth-order valence-corrected chi connectivity index (χ4v) is 2.19. The van der Waals surface area contributed by atoms with Gasteiger partial charge in [-0.2, -0.15) is 0 Å². The average molecular weight is 449 g/mol. The molecule has 24 heavy (non-hydrogen) atoms. The molecule has 0 amide bonds. The van der Waals surface area contributed by atoms with Crippen LogP contribution in [0.5, 0.6) is 0 Å². The highest BCUT2D eigenvalue weighted by molar-refractivity contribution is 14.0. The molecule has 2 rings (SSSR count). The van der Waals surface area contributed by atoms with Gasteiger partial charge >= 0.3 is 0 Å². The van der Waals surface area contributed by atoms with Crippen LogP contribution in [0.4, 0.5) is 8.78 Å². The van der Waals surface area contributed by atoms with Crippen LogP contribution in [0.2, 0.25) is 0 Å². The molecular formula is C17H22F2IN3O. The number of nitrogens with zero attached hydrogens (tertiary/aromatic N) is 1. The Morgan fingerprint density at radius 2 is 2.08 bits per heavy atom. The van der Waals surface area contributed by atoms with E-state index in [0.717, 1.165) is 11.8 Å². The molecule has 0 bridgehead atoms. The monoisotopic (exact) mass is 449 g/mol. The van der Waals surface area contributed by atoms with Crippen LogP contribution >= 0.6 is 24.0 Å². The van der Waals surface area contributed by atoms with Crippen molar-refractivity contribution in [1.82, 2.24) is 10.6 Å². The van der Waals surface area contributed by atoms with Gasteiger partial charge in [-0.15, -0.1) is 24.0 Å². The van der Waals surface area contributed by atoms with Gasteiger partial charge in [-0.25, -0.2) is 8.78 Å². The zero-order valence-corrected chi connectivity index (χ0v) is 16.0. The maximum Gasteiger partial charge on any atom is 0.191 e. The van der Waals surface area contributed by atoms with Crippen molar-refractivity contribution < 1.29 is 13.2 Å². The molecule has 7 heteroatoms. The van der Waals surface area contributed by atoms with Gasteiger partial charge in [0.2, 0.25) is 0 Å². The summed E-state index contributed by atoms with van der Waals surface area (Å²) in [6, 6.07) is 6.96. The second-order valence-electron chi connectivity index (χ2n) is 5.12. The molecule has 0 aliphatic rings. The van der Waals surface area contributed by atoms with E-state index in [1.165, 1.54) is 12.1 Å². The molecule has 0 aliphatic heterocycles. The van der Waals surface area contributed by atoms with Crippen LogP contribution in [0.3, 0.4) is 0 Å². The summed E-state index contributed by atoms with van der Waals surface area (Å²) in [7, 11) is 0. The third-order valence-corrected chi connectivity index (χ3v) is 3.33. The Kier molecular flexibility index (Phi) is 8.73. The molecule has 1 unspecified atom stereocenters. The van der Waals surface area contributed by atoms with Crippen molar-refractivity contribution in [2.24, 2.45) is 4.99 Å². The number of nitrogens with one attached hydrogen (secondary N) is 2. The van der Waals surface area contributed by atoms with Gasteiger partial charge in [-0.3, -0.25) is 4.99 Å².